The van der Waals surface area contributed by atoms with Gasteiger partial charge < -0.3 is 9.32 Å². The van der Waals surface area contributed by atoms with E-state index < -0.39 is 0 Å². The monoisotopic (exact) mass is 794 g/mol. The maximum Gasteiger partial charge on any atom is 0.164 e. The molecule has 0 aliphatic heterocycles. The molecular formula is C57H38N4O. The average molecular weight is 795 g/mol. The summed E-state index contributed by atoms with van der Waals surface area (Å²) in [6, 6.07) is 79.8. The molecule has 0 atom stereocenters. The fraction of sp³-hybridized carbons (Fsp3) is 0. The van der Waals surface area contributed by atoms with Gasteiger partial charge in [-0.05, 0) is 88.0 Å². The first kappa shape index (κ1) is 36.7. The largest absolute Gasteiger partial charge is 0.456 e. The van der Waals surface area contributed by atoms with Crippen LogP contribution >= 0.6 is 0 Å². The molecule has 0 saturated carbocycles. The molecule has 5 heteroatoms. The van der Waals surface area contributed by atoms with E-state index in [4.69, 9.17) is 19.4 Å². The SMILES string of the molecule is c1ccc(-c2ccc(N(c3ccccc3)c3ccc(-c4cc(-c5nc(-c6ccccc6)nc(-c6ccccc6-c6ccccc6)n5)c5c(c4)oc4ccccc45)cc3)cc2)cc1. The minimum atomic E-state index is 0.570. The van der Waals surface area contributed by atoms with Crippen molar-refractivity contribution in [2.24, 2.45) is 0 Å². The maximum absolute atomic E-state index is 6.62. The zero-order chi connectivity index (χ0) is 41.2. The molecule has 0 bridgehead atoms. The molecule has 5 nitrogen and oxygen atoms in total. The summed E-state index contributed by atoms with van der Waals surface area (Å²) in [6.45, 7) is 0. The van der Waals surface area contributed by atoms with Crippen molar-refractivity contribution in [3.05, 3.63) is 231 Å². The Morgan fingerprint density at radius 1 is 0.290 bits per heavy atom. The van der Waals surface area contributed by atoms with E-state index in [1.54, 1.807) is 0 Å². The van der Waals surface area contributed by atoms with Crippen LogP contribution in [0.15, 0.2) is 235 Å². The van der Waals surface area contributed by atoms with Crippen LogP contribution in [0.1, 0.15) is 0 Å². The molecule has 11 rings (SSSR count). The molecule has 0 aliphatic carbocycles. The summed E-state index contributed by atoms with van der Waals surface area (Å²) in [5, 5.41) is 1.96. The normalized spacial score (nSPS) is 11.2. The van der Waals surface area contributed by atoms with Gasteiger partial charge in [0.25, 0.3) is 0 Å². The van der Waals surface area contributed by atoms with E-state index >= 15 is 0 Å². The number of fused-ring (bicyclic) bond motifs is 3. The van der Waals surface area contributed by atoms with E-state index in [1.165, 1.54) is 11.1 Å². The highest BCUT2D eigenvalue weighted by Gasteiger charge is 2.21. The summed E-state index contributed by atoms with van der Waals surface area (Å²) in [5.41, 5.74) is 14.0. The topological polar surface area (TPSA) is 55.1 Å². The fourth-order valence-corrected chi connectivity index (χ4v) is 8.34. The highest BCUT2D eigenvalue weighted by atomic mass is 16.3. The molecule has 0 N–H and O–H groups in total. The average Bonchev–Trinajstić information content (AvgIpc) is 3.74. The van der Waals surface area contributed by atoms with Crippen LogP contribution in [0.5, 0.6) is 0 Å². The van der Waals surface area contributed by atoms with E-state index in [0.717, 1.165) is 77.9 Å². The lowest BCUT2D eigenvalue weighted by molar-refractivity contribution is 0.669. The Morgan fingerprint density at radius 2 is 0.742 bits per heavy atom. The Kier molecular flexibility index (Phi) is 9.45. The van der Waals surface area contributed by atoms with Crippen molar-refractivity contribution in [1.82, 2.24) is 15.0 Å². The first-order chi connectivity index (χ1) is 30.7. The predicted molar refractivity (Wildman–Crippen MR) is 254 cm³/mol. The molecule has 9 aromatic carbocycles. The second-order valence-electron chi connectivity index (χ2n) is 15.2. The zero-order valence-electron chi connectivity index (χ0n) is 33.6. The second kappa shape index (κ2) is 16.0. The predicted octanol–water partition coefficient (Wildman–Crippen LogP) is 15.2. The summed E-state index contributed by atoms with van der Waals surface area (Å²) in [5.74, 6) is 1.77. The molecule has 0 radical (unpaired) electrons. The molecule has 0 fully saturated rings. The van der Waals surface area contributed by atoms with Crippen LogP contribution in [-0.4, -0.2) is 15.0 Å². The van der Waals surface area contributed by atoms with Crippen molar-refractivity contribution in [1.29, 1.82) is 0 Å². The Morgan fingerprint density at radius 3 is 1.39 bits per heavy atom. The number of anilines is 3. The van der Waals surface area contributed by atoms with Gasteiger partial charge in [0.2, 0.25) is 0 Å². The van der Waals surface area contributed by atoms with Crippen LogP contribution in [0.25, 0.3) is 89.5 Å². The van der Waals surface area contributed by atoms with Gasteiger partial charge in [-0.25, -0.2) is 15.0 Å². The van der Waals surface area contributed by atoms with E-state index in [9.17, 15) is 0 Å². The third-order valence-corrected chi connectivity index (χ3v) is 11.3. The van der Waals surface area contributed by atoms with Crippen LogP contribution in [0.2, 0.25) is 0 Å². The van der Waals surface area contributed by atoms with Gasteiger partial charge in [0.05, 0.1) is 0 Å². The summed E-state index contributed by atoms with van der Waals surface area (Å²) in [6.07, 6.45) is 0. The van der Waals surface area contributed by atoms with Crippen molar-refractivity contribution in [2.75, 3.05) is 4.90 Å². The lowest BCUT2D eigenvalue weighted by atomic mass is 9.97. The van der Waals surface area contributed by atoms with E-state index in [-0.39, 0.29) is 0 Å². The summed E-state index contributed by atoms with van der Waals surface area (Å²) >= 11 is 0. The van der Waals surface area contributed by atoms with Gasteiger partial charge in [0, 0.05) is 44.5 Å². The molecule has 0 unspecified atom stereocenters. The second-order valence-corrected chi connectivity index (χ2v) is 15.2. The third-order valence-electron chi connectivity index (χ3n) is 11.3. The lowest BCUT2D eigenvalue weighted by Crippen LogP contribution is -2.09. The lowest BCUT2D eigenvalue weighted by Gasteiger charge is -2.26. The first-order valence-corrected chi connectivity index (χ1v) is 20.8. The highest BCUT2D eigenvalue weighted by molar-refractivity contribution is 6.13. The molecule has 2 aromatic heterocycles. The van der Waals surface area contributed by atoms with Crippen molar-refractivity contribution < 1.29 is 4.42 Å². The quantitative estimate of drug-likeness (QED) is 0.146. The Balaban J connectivity index is 1.06. The molecule has 11 aromatic rings. The molecule has 0 saturated heterocycles. The van der Waals surface area contributed by atoms with Crippen molar-refractivity contribution in [3.8, 4) is 67.5 Å². The van der Waals surface area contributed by atoms with E-state index in [1.807, 2.05) is 66.7 Å². The summed E-state index contributed by atoms with van der Waals surface area (Å²) in [7, 11) is 0. The fourth-order valence-electron chi connectivity index (χ4n) is 8.34. The van der Waals surface area contributed by atoms with Crippen LogP contribution < -0.4 is 4.90 Å². The number of hydrogen-bond donors (Lipinski definition) is 0. The van der Waals surface area contributed by atoms with Gasteiger partial charge in [-0.1, -0.05) is 176 Å². The van der Waals surface area contributed by atoms with E-state index in [0.29, 0.717) is 17.5 Å². The molecule has 0 amide bonds. The van der Waals surface area contributed by atoms with Crippen molar-refractivity contribution >= 4 is 39.0 Å². The standard InChI is InChI=1S/C57H38N4O/c1-5-17-39(18-6-1)40-29-33-46(34-30-40)61(45-23-11-4-12-24-45)47-35-31-41(32-36-47)44-37-51(54-50-27-15-16-28-52(50)62-53(54)38-44)57-59-55(43-21-9-3-10-22-43)58-56(60-57)49-26-14-13-25-48(49)42-19-7-2-8-20-42/h1-38H. The van der Waals surface area contributed by atoms with Crippen LogP contribution in [-0.2, 0) is 0 Å². The van der Waals surface area contributed by atoms with Gasteiger partial charge in [0.15, 0.2) is 17.5 Å². The van der Waals surface area contributed by atoms with Gasteiger partial charge in [0.1, 0.15) is 11.2 Å². The number of nitrogens with zero attached hydrogens (tertiary/aromatic N) is 4. The number of para-hydroxylation sites is 2. The Bertz CT molecular complexity index is 3310. The maximum atomic E-state index is 6.62. The number of aromatic nitrogens is 3. The molecule has 0 aliphatic rings. The summed E-state index contributed by atoms with van der Waals surface area (Å²) < 4.78 is 6.62. The molecule has 0 spiro atoms. The van der Waals surface area contributed by atoms with Crippen molar-refractivity contribution in [3.63, 3.8) is 0 Å². The molecule has 2 heterocycles. The number of benzene rings is 9. The van der Waals surface area contributed by atoms with E-state index in [2.05, 4.69) is 169 Å². The van der Waals surface area contributed by atoms with Gasteiger partial charge in [-0.2, -0.15) is 0 Å². The number of rotatable bonds is 9. The Labute approximate surface area is 359 Å². The minimum Gasteiger partial charge on any atom is -0.456 e. The van der Waals surface area contributed by atoms with Crippen LogP contribution in [0, 0.1) is 0 Å². The van der Waals surface area contributed by atoms with Gasteiger partial charge >= 0.3 is 0 Å². The zero-order valence-corrected chi connectivity index (χ0v) is 33.6. The highest BCUT2D eigenvalue weighted by Crippen LogP contribution is 2.42. The van der Waals surface area contributed by atoms with Crippen LogP contribution in [0.3, 0.4) is 0 Å². The summed E-state index contributed by atoms with van der Waals surface area (Å²) in [4.78, 5) is 18.0. The number of furan rings is 1. The minimum absolute atomic E-state index is 0.570. The van der Waals surface area contributed by atoms with Crippen molar-refractivity contribution in [2.45, 2.75) is 0 Å². The molecule has 62 heavy (non-hydrogen) atoms. The number of hydrogen-bond acceptors (Lipinski definition) is 5. The molecule has 292 valence electrons. The van der Waals surface area contributed by atoms with Gasteiger partial charge in [-0.15, -0.1) is 0 Å². The Hall–Kier alpha value is -8.41. The third kappa shape index (κ3) is 6.97. The molecular weight excluding hydrogens is 757 g/mol. The van der Waals surface area contributed by atoms with Gasteiger partial charge in [-0.3, -0.25) is 0 Å². The van der Waals surface area contributed by atoms with Crippen LogP contribution in [0.4, 0.5) is 17.1 Å². The first-order valence-electron chi connectivity index (χ1n) is 20.8. The smallest absolute Gasteiger partial charge is 0.164 e.